The van der Waals surface area contributed by atoms with E-state index in [1.54, 1.807) is 37.4 Å². The fraction of sp³-hybridized carbons (Fsp3) is 0.152. The van der Waals surface area contributed by atoms with Gasteiger partial charge in [0.25, 0.3) is 5.91 Å². The molecule has 1 heterocycles. The van der Waals surface area contributed by atoms with Crippen LogP contribution < -0.4 is 4.74 Å². The number of nitrogens with zero attached hydrogens (tertiary/aromatic N) is 2. The number of hydrogen-bond acceptors (Lipinski definition) is 6. The molecule has 0 fully saturated rings. The monoisotopic (exact) mass is 532 g/mol. The van der Waals surface area contributed by atoms with Crippen molar-refractivity contribution in [1.82, 2.24) is 5.01 Å². The van der Waals surface area contributed by atoms with Gasteiger partial charge in [0.05, 0.1) is 24.4 Å². The maximum absolute atomic E-state index is 13.4. The lowest BCUT2D eigenvalue weighted by atomic mass is 9.98. The lowest BCUT2D eigenvalue weighted by molar-refractivity contribution is -0.136. The van der Waals surface area contributed by atoms with Crippen molar-refractivity contribution in [3.05, 3.63) is 137 Å². The van der Waals surface area contributed by atoms with E-state index in [9.17, 15) is 14.4 Å². The molecule has 0 aliphatic carbocycles. The summed E-state index contributed by atoms with van der Waals surface area (Å²) in [4.78, 5) is 39.6. The van der Waals surface area contributed by atoms with Crippen molar-refractivity contribution in [1.29, 1.82) is 0 Å². The Bertz CT molecular complexity index is 1560. The maximum Gasteiger partial charge on any atom is 0.339 e. The van der Waals surface area contributed by atoms with Crippen molar-refractivity contribution in [2.45, 2.75) is 19.4 Å². The fourth-order valence-electron chi connectivity index (χ4n) is 4.62. The smallest absolute Gasteiger partial charge is 0.339 e. The molecule has 5 rings (SSSR count). The molecule has 1 aliphatic heterocycles. The van der Waals surface area contributed by atoms with Crippen LogP contribution >= 0.6 is 0 Å². The number of carbonyl (C=O) groups excluding carboxylic acids is 3. The van der Waals surface area contributed by atoms with Crippen LogP contribution in [0.3, 0.4) is 0 Å². The van der Waals surface area contributed by atoms with Gasteiger partial charge >= 0.3 is 5.97 Å². The highest BCUT2D eigenvalue weighted by molar-refractivity contribution is 6.14. The Morgan fingerprint density at radius 3 is 2.15 bits per heavy atom. The van der Waals surface area contributed by atoms with Gasteiger partial charge in [0.2, 0.25) is 0 Å². The number of aryl methyl sites for hydroxylation is 1. The van der Waals surface area contributed by atoms with E-state index in [0.717, 1.165) is 22.4 Å². The van der Waals surface area contributed by atoms with Crippen LogP contribution in [0.2, 0.25) is 0 Å². The molecule has 0 unspecified atom stereocenters. The first kappa shape index (κ1) is 26.6. The third kappa shape index (κ3) is 5.68. The molecule has 200 valence electrons. The molecule has 40 heavy (non-hydrogen) atoms. The predicted molar refractivity (Wildman–Crippen MR) is 152 cm³/mol. The predicted octanol–water partition coefficient (Wildman–Crippen LogP) is 5.77. The summed E-state index contributed by atoms with van der Waals surface area (Å²) in [6, 6.07) is 30.3. The van der Waals surface area contributed by atoms with Crippen LogP contribution in [0.15, 0.2) is 108 Å². The summed E-state index contributed by atoms with van der Waals surface area (Å²) in [7, 11) is 1.60. The molecule has 0 bridgehead atoms. The number of hydrazone groups is 1. The molecule has 4 aromatic carbocycles. The van der Waals surface area contributed by atoms with E-state index in [-0.39, 0.29) is 23.0 Å². The van der Waals surface area contributed by atoms with Crippen molar-refractivity contribution in [3.63, 3.8) is 0 Å². The van der Waals surface area contributed by atoms with Gasteiger partial charge in [0.15, 0.2) is 12.4 Å². The molecule has 0 saturated heterocycles. The van der Waals surface area contributed by atoms with E-state index in [4.69, 9.17) is 9.47 Å². The van der Waals surface area contributed by atoms with Crippen LogP contribution in [0.4, 0.5) is 0 Å². The summed E-state index contributed by atoms with van der Waals surface area (Å²) in [5.74, 6) is -0.814. The Morgan fingerprint density at radius 2 is 1.48 bits per heavy atom. The van der Waals surface area contributed by atoms with Gasteiger partial charge in [0.1, 0.15) is 5.75 Å². The lowest BCUT2D eigenvalue weighted by Gasteiger charge is -2.22. The Kier molecular flexibility index (Phi) is 7.82. The number of ketones is 1. The van der Waals surface area contributed by atoms with Gasteiger partial charge in [-0.25, -0.2) is 9.80 Å². The second kappa shape index (κ2) is 11.8. The largest absolute Gasteiger partial charge is 0.497 e. The number of rotatable bonds is 8. The van der Waals surface area contributed by atoms with Gasteiger partial charge in [-0.2, -0.15) is 5.10 Å². The minimum atomic E-state index is -0.753. The second-order valence-corrected chi connectivity index (χ2v) is 9.46. The van der Waals surface area contributed by atoms with Crippen LogP contribution in [0.5, 0.6) is 5.75 Å². The van der Waals surface area contributed by atoms with Crippen LogP contribution in [0.1, 0.15) is 55.4 Å². The number of hydrogen-bond donors (Lipinski definition) is 0. The van der Waals surface area contributed by atoms with Gasteiger partial charge in [-0.15, -0.1) is 0 Å². The van der Waals surface area contributed by atoms with Crippen molar-refractivity contribution >= 4 is 23.4 Å². The highest BCUT2D eigenvalue weighted by atomic mass is 16.5. The van der Waals surface area contributed by atoms with Gasteiger partial charge < -0.3 is 9.47 Å². The standard InChI is InChI=1S/C33H28N2O5/c1-22-12-14-25(15-13-22)32(37)27-10-6-7-11-28(27)33(38)40-21-31(36)35-30(24-16-18-26(39-2)19-17-24)20-29(34-35)23-8-4-3-5-9-23/h3-19,30H,20-21H2,1-2H3/t30-/m1/s1. The van der Waals surface area contributed by atoms with Crippen LogP contribution in [0, 0.1) is 6.92 Å². The first-order valence-corrected chi connectivity index (χ1v) is 12.9. The highest BCUT2D eigenvalue weighted by Crippen LogP contribution is 2.33. The molecule has 0 saturated carbocycles. The zero-order chi connectivity index (χ0) is 28.1. The summed E-state index contributed by atoms with van der Waals surface area (Å²) >= 11 is 0. The SMILES string of the molecule is COc1ccc([C@H]2CC(c3ccccc3)=NN2C(=O)COC(=O)c2ccccc2C(=O)c2ccc(C)cc2)cc1. The molecule has 1 aliphatic rings. The number of amides is 1. The second-order valence-electron chi connectivity index (χ2n) is 9.46. The molecule has 0 radical (unpaired) electrons. The topological polar surface area (TPSA) is 85.3 Å². The Morgan fingerprint density at radius 1 is 0.825 bits per heavy atom. The van der Waals surface area contributed by atoms with E-state index >= 15 is 0 Å². The third-order valence-corrected chi connectivity index (χ3v) is 6.81. The van der Waals surface area contributed by atoms with Crippen molar-refractivity contribution in [2.75, 3.05) is 13.7 Å². The van der Waals surface area contributed by atoms with Gasteiger partial charge in [-0.05, 0) is 36.2 Å². The molecule has 7 nitrogen and oxygen atoms in total. The number of benzene rings is 4. The van der Waals surface area contributed by atoms with E-state index in [2.05, 4.69) is 5.10 Å². The average molecular weight is 533 g/mol. The van der Waals surface area contributed by atoms with Crippen LogP contribution in [-0.2, 0) is 9.53 Å². The third-order valence-electron chi connectivity index (χ3n) is 6.81. The summed E-state index contributed by atoms with van der Waals surface area (Å²) < 4.78 is 10.7. The van der Waals surface area contributed by atoms with E-state index < -0.39 is 18.5 Å². The zero-order valence-electron chi connectivity index (χ0n) is 22.2. The lowest BCUT2D eigenvalue weighted by Crippen LogP contribution is -2.31. The first-order valence-electron chi connectivity index (χ1n) is 12.9. The molecule has 0 N–H and O–H groups in total. The molecule has 1 amide bonds. The Balaban J connectivity index is 1.35. The van der Waals surface area contributed by atoms with Crippen molar-refractivity contribution in [3.8, 4) is 5.75 Å². The molecule has 4 aromatic rings. The number of carbonyl (C=O) groups is 3. The minimum absolute atomic E-state index is 0.0995. The summed E-state index contributed by atoms with van der Waals surface area (Å²) in [6.45, 7) is 1.41. The molecule has 0 aromatic heterocycles. The molecular formula is C33H28N2O5. The quantitative estimate of drug-likeness (QED) is 0.213. The Labute approximate surface area is 232 Å². The van der Waals surface area contributed by atoms with Crippen molar-refractivity contribution < 1.29 is 23.9 Å². The summed E-state index contributed by atoms with van der Waals surface area (Å²) in [6.07, 6.45) is 0.504. The fourth-order valence-corrected chi connectivity index (χ4v) is 4.62. The Hall–Kier alpha value is -5.04. The van der Waals surface area contributed by atoms with Crippen LogP contribution in [-0.4, -0.2) is 42.1 Å². The molecule has 7 heteroatoms. The van der Waals surface area contributed by atoms with Crippen molar-refractivity contribution in [2.24, 2.45) is 5.10 Å². The first-order chi connectivity index (χ1) is 19.4. The molecular weight excluding hydrogens is 504 g/mol. The molecule has 1 atom stereocenters. The molecule has 0 spiro atoms. The summed E-state index contributed by atoms with van der Waals surface area (Å²) in [5, 5.41) is 6.00. The zero-order valence-corrected chi connectivity index (χ0v) is 22.2. The summed E-state index contributed by atoms with van der Waals surface area (Å²) in [5.41, 5.74) is 4.35. The number of ether oxygens (including phenoxy) is 2. The highest BCUT2D eigenvalue weighted by Gasteiger charge is 2.34. The van der Waals surface area contributed by atoms with E-state index in [0.29, 0.717) is 17.7 Å². The van der Waals surface area contributed by atoms with E-state index in [1.807, 2.05) is 73.7 Å². The minimum Gasteiger partial charge on any atom is -0.497 e. The van der Waals surface area contributed by atoms with E-state index in [1.165, 1.54) is 11.1 Å². The van der Waals surface area contributed by atoms with Gasteiger partial charge in [0, 0.05) is 17.5 Å². The van der Waals surface area contributed by atoms with Crippen LogP contribution in [0.25, 0.3) is 0 Å². The number of esters is 1. The average Bonchev–Trinajstić information content (AvgIpc) is 3.46. The van der Waals surface area contributed by atoms with Gasteiger partial charge in [-0.1, -0.05) is 90.5 Å². The number of methoxy groups -OCH3 is 1. The normalized spacial score (nSPS) is 14.4. The van der Waals surface area contributed by atoms with Gasteiger partial charge in [-0.3, -0.25) is 9.59 Å². The maximum atomic E-state index is 13.4.